The Morgan fingerprint density at radius 3 is 2.88 bits per heavy atom. The molecule has 5 heteroatoms. The normalized spacial score (nSPS) is 10.5. The van der Waals surface area contributed by atoms with Crippen LogP contribution in [0.15, 0.2) is 12.3 Å². The number of hydrogen-bond donors (Lipinski definition) is 0. The van der Waals surface area contributed by atoms with Crippen molar-refractivity contribution in [2.45, 2.75) is 25.6 Å². The second-order valence-electron chi connectivity index (χ2n) is 3.57. The van der Waals surface area contributed by atoms with Crippen molar-refractivity contribution in [3.05, 3.63) is 23.6 Å². The first-order chi connectivity index (χ1) is 8.27. The predicted molar refractivity (Wildman–Crippen MR) is 65.0 cm³/mol. The predicted octanol–water partition coefficient (Wildman–Crippen LogP) is 3.16. The van der Waals surface area contributed by atoms with Crippen LogP contribution in [0.1, 0.15) is 25.3 Å². The second kappa shape index (κ2) is 8.25. The Bertz CT molecular complexity index is 336. The van der Waals surface area contributed by atoms with E-state index < -0.39 is 5.82 Å². The number of hydrogen-bond acceptors (Lipinski definition) is 3. The van der Waals surface area contributed by atoms with Gasteiger partial charge in [0, 0.05) is 12.2 Å². The van der Waals surface area contributed by atoms with Crippen molar-refractivity contribution < 1.29 is 13.9 Å². The standard InChI is InChI=1S/C12H17ClFNO2/c1-2-3-4-16-5-6-17-12-10(8-13)7-11(14)9-15-12/h7,9H,2-6,8H2,1H3. The molecule has 0 aliphatic carbocycles. The van der Waals surface area contributed by atoms with Crippen LogP contribution in [-0.2, 0) is 10.6 Å². The molecule has 0 aliphatic heterocycles. The van der Waals surface area contributed by atoms with Gasteiger partial charge in [-0.1, -0.05) is 13.3 Å². The van der Waals surface area contributed by atoms with Crippen molar-refractivity contribution in [3.63, 3.8) is 0 Å². The highest BCUT2D eigenvalue weighted by Gasteiger charge is 2.05. The van der Waals surface area contributed by atoms with Gasteiger partial charge in [0.05, 0.1) is 18.7 Å². The lowest BCUT2D eigenvalue weighted by Gasteiger charge is -2.09. The van der Waals surface area contributed by atoms with Crippen molar-refractivity contribution in [3.8, 4) is 5.88 Å². The maximum Gasteiger partial charge on any atom is 0.218 e. The summed E-state index contributed by atoms with van der Waals surface area (Å²) < 4.78 is 23.6. The Kier molecular flexibility index (Phi) is 6.89. The lowest BCUT2D eigenvalue weighted by molar-refractivity contribution is 0.0962. The Morgan fingerprint density at radius 2 is 2.18 bits per heavy atom. The van der Waals surface area contributed by atoms with E-state index in [9.17, 15) is 4.39 Å². The number of halogens is 2. The Balaban J connectivity index is 2.31. The first-order valence-corrected chi connectivity index (χ1v) is 6.22. The number of alkyl halides is 1. The van der Waals surface area contributed by atoms with Crippen LogP contribution < -0.4 is 4.74 Å². The smallest absolute Gasteiger partial charge is 0.218 e. The zero-order valence-corrected chi connectivity index (χ0v) is 10.7. The molecule has 0 N–H and O–H groups in total. The van der Waals surface area contributed by atoms with E-state index in [4.69, 9.17) is 21.1 Å². The third-order valence-electron chi connectivity index (χ3n) is 2.14. The topological polar surface area (TPSA) is 31.4 Å². The average molecular weight is 262 g/mol. The van der Waals surface area contributed by atoms with Gasteiger partial charge in [-0.05, 0) is 12.5 Å². The highest BCUT2D eigenvalue weighted by Crippen LogP contribution is 2.18. The van der Waals surface area contributed by atoms with Crippen LogP contribution in [0, 0.1) is 5.82 Å². The molecule has 1 heterocycles. The maximum absolute atomic E-state index is 12.9. The molecule has 1 aromatic heterocycles. The number of aromatic nitrogens is 1. The van der Waals surface area contributed by atoms with E-state index in [1.54, 1.807) is 0 Å². The molecule has 0 aliphatic rings. The van der Waals surface area contributed by atoms with E-state index >= 15 is 0 Å². The Morgan fingerprint density at radius 1 is 1.35 bits per heavy atom. The van der Waals surface area contributed by atoms with E-state index in [1.165, 1.54) is 6.07 Å². The van der Waals surface area contributed by atoms with Crippen LogP contribution in [0.3, 0.4) is 0 Å². The third kappa shape index (κ3) is 5.33. The molecule has 1 aromatic rings. The lowest BCUT2D eigenvalue weighted by atomic mass is 10.3. The molecule has 1 rings (SSSR count). The summed E-state index contributed by atoms with van der Waals surface area (Å²) in [4.78, 5) is 3.85. The summed E-state index contributed by atoms with van der Waals surface area (Å²) in [6.45, 7) is 3.74. The second-order valence-corrected chi connectivity index (χ2v) is 3.83. The minimum absolute atomic E-state index is 0.177. The molecular weight excluding hydrogens is 245 g/mol. The van der Waals surface area contributed by atoms with Gasteiger partial charge in [-0.25, -0.2) is 9.37 Å². The molecule has 3 nitrogen and oxygen atoms in total. The monoisotopic (exact) mass is 261 g/mol. The number of nitrogens with zero attached hydrogens (tertiary/aromatic N) is 1. The van der Waals surface area contributed by atoms with Crippen LogP contribution in [0.2, 0.25) is 0 Å². The summed E-state index contributed by atoms with van der Waals surface area (Å²) >= 11 is 5.67. The minimum Gasteiger partial charge on any atom is -0.475 e. The van der Waals surface area contributed by atoms with Crippen LogP contribution in [0.4, 0.5) is 4.39 Å². The molecule has 0 radical (unpaired) electrons. The van der Waals surface area contributed by atoms with Crippen LogP contribution in [0.5, 0.6) is 5.88 Å². The molecule has 0 amide bonds. The van der Waals surface area contributed by atoms with Gasteiger partial charge in [0.15, 0.2) is 0 Å². The minimum atomic E-state index is -0.410. The van der Waals surface area contributed by atoms with E-state index in [0.29, 0.717) is 24.7 Å². The molecule has 96 valence electrons. The van der Waals surface area contributed by atoms with Crippen LogP contribution >= 0.6 is 11.6 Å². The first-order valence-electron chi connectivity index (χ1n) is 5.68. The van der Waals surface area contributed by atoms with Crippen molar-refractivity contribution >= 4 is 11.6 Å². The van der Waals surface area contributed by atoms with Gasteiger partial charge < -0.3 is 9.47 Å². The van der Waals surface area contributed by atoms with Gasteiger partial charge in [-0.15, -0.1) is 11.6 Å². The van der Waals surface area contributed by atoms with Crippen LogP contribution in [0.25, 0.3) is 0 Å². The summed E-state index contributed by atoms with van der Waals surface area (Å²) in [5.41, 5.74) is 0.556. The molecule has 0 unspecified atom stereocenters. The maximum atomic E-state index is 12.9. The fraction of sp³-hybridized carbons (Fsp3) is 0.583. The van der Waals surface area contributed by atoms with Crippen molar-refractivity contribution in [2.24, 2.45) is 0 Å². The lowest BCUT2D eigenvalue weighted by Crippen LogP contribution is -2.09. The zero-order valence-electron chi connectivity index (χ0n) is 9.92. The first kappa shape index (κ1) is 14.2. The fourth-order valence-electron chi connectivity index (χ4n) is 1.24. The number of rotatable bonds is 8. The van der Waals surface area contributed by atoms with Crippen molar-refractivity contribution in [1.29, 1.82) is 0 Å². The van der Waals surface area contributed by atoms with Crippen molar-refractivity contribution in [1.82, 2.24) is 4.98 Å². The van der Waals surface area contributed by atoms with Crippen LogP contribution in [-0.4, -0.2) is 24.8 Å². The molecule has 17 heavy (non-hydrogen) atoms. The van der Waals surface area contributed by atoms with E-state index in [1.807, 2.05) is 0 Å². The van der Waals surface area contributed by atoms with Gasteiger partial charge in [0.1, 0.15) is 12.4 Å². The molecule has 0 saturated heterocycles. The highest BCUT2D eigenvalue weighted by atomic mass is 35.5. The molecule has 0 spiro atoms. The van der Waals surface area contributed by atoms with Crippen molar-refractivity contribution in [2.75, 3.05) is 19.8 Å². The summed E-state index contributed by atoms with van der Waals surface area (Å²) in [7, 11) is 0. The Hall–Kier alpha value is -0.870. The van der Waals surface area contributed by atoms with Gasteiger partial charge in [0.25, 0.3) is 0 Å². The van der Waals surface area contributed by atoms with E-state index in [-0.39, 0.29) is 5.88 Å². The van der Waals surface area contributed by atoms with E-state index in [2.05, 4.69) is 11.9 Å². The zero-order chi connectivity index (χ0) is 12.5. The Labute approximate surface area is 106 Å². The van der Waals surface area contributed by atoms with E-state index in [0.717, 1.165) is 25.6 Å². The van der Waals surface area contributed by atoms with Gasteiger partial charge in [-0.3, -0.25) is 0 Å². The summed E-state index contributed by atoms with van der Waals surface area (Å²) in [6.07, 6.45) is 3.27. The quantitative estimate of drug-likeness (QED) is 0.532. The molecule has 0 fully saturated rings. The molecule has 0 saturated carbocycles. The fourth-order valence-corrected chi connectivity index (χ4v) is 1.43. The average Bonchev–Trinajstić information content (AvgIpc) is 2.35. The van der Waals surface area contributed by atoms with Gasteiger partial charge in [0.2, 0.25) is 5.88 Å². The molecule has 0 aromatic carbocycles. The van der Waals surface area contributed by atoms with Gasteiger partial charge in [-0.2, -0.15) is 0 Å². The third-order valence-corrected chi connectivity index (χ3v) is 2.43. The SMILES string of the molecule is CCCCOCCOc1ncc(F)cc1CCl. The largest absolute Gasteiger partial charge is 0.475 e. The summed E-state index contributed by atoms with van der Waals surface area (Å²) in [6, 6.07) is 1.33. The molecule has 0 bridgehead atoms. The van der Waals surface area contributed by atoms with Gasteiger partial charge >= 0.3 is 0 Å². The summed E-state index contributed by atoms with van der Waals surface area (Å²) in [5, 5.41) is 0. The molecular formula is C12H17ClFNO2. The molecule has 0 atom stereocenters. The number of pyridine rings is 1. The number of unbranched alkanes of at least 4 members (excludes halogenated alkanes) is 1. The summed E-state index contributed by atoms with van der Waals surface area (Å²) in [5.74, 6) is 0.143. The highest BCUT2D eigenvalue weighted by molar-refractivity contribution is 6.17. The number of ether oxygens (including phenoxy) is 2.